The highest BCUT2D eigenvalue weighted by molar-refractivity contribution is 5.86. The molecule has 4 rings (SSSR count). The molecule has 0 amide bonds. The minimum Gasteiger partial charge on any atom is -0.504 e. The summed E-state index contributed by atoms with van der Waals surface area (Å²) in [5.74, 6) is 2.68. The molecule has 1 aliphatic heterocycles. The molecule has 0 saturated carbocycles. The van der Waals surface area contributed by atoms with Crippen molar-refractivity contribution in [1.82, 2.24) is 0 Å². The van der Waals surface area contributed by atoms with Crippen LogP contribution in [0, 0.1) is 6.92 Å². The van der Waals surface area contributed by atoms with Crippen LogP contribution in [0.5, 0.6) is 28.7 Å². The third-order valence-corrected chi connectivity index (χ3v) is 5.74. The van der Waals surface area contributed by atoms with E-state index in [1.165, 1.54) is 7.11 Å². The van der Waals surface area contributed by atoms with Crippen LogP contribution < -0.4 is 18.9 Å². The second kappa shape index (κ2) is 8.42. The van der Waals surface area contributed by atoms with Crippen LogP contribution >= 0.6 is 0 Å². The molecule has 3 aromatic carbocycles. The summed E-state index contributed by atoms with van der Waals surface area (Å²) in [5, 5.41) is 10.0. The summed E-state index contributed by atoms with van der Waals surface area (Å²) >= 11 is 0. The highest BCUT2D eigenvalue weighted by atomic mass is 16.6. The van der Waals surface area contributed by atoms with Gasteiger partial charge < -0.3 is 24.1 Å². The first-order valence-corrected chi connectivity index (χ1v) is 10.5. The number of phenolic OH excluding ortho intramolecular Hbond substituents is 1. The number of aromatic hydroxyl groups is 1. The Kier molecular flexibility index (Phi) is 5.68. The fourth-order valence-electron chi connectivity index (χ4n) is 4.06. The van der Waals surface area contributed by atoms with Crippen molar-refractivity contribution in [3.05, 3.63) is 54.1 Å². The molecule has 0 spiro atoms. The summed E-state index contributed by atoms with van der Waals surface area (Å²) in [6, 6.07) is 15.5. The number of ether oxygens (including phenoxy) is 4. The molecule has 0 aromatic heterocycles. The Morgan fingerprint density at radius 2 is 1.65 bits per heavy atom. The van der Waals surface area contributed by atoms with Crippen molar-refractivity contribution in [2.24, 2.45) is 0 Å². The lowest BCUT2D eigenvalue weighted by Crippen LogP contribution is -2.34. The molecule has 2 unspecified atom stereocenters. The Morgan fingerprint density at radius 3 is 2.35 bits per heavy atom. The molecule has 2 atom stereocenters. The minimum absolute atomic E-state index is 0.0917. The van der Waals surface area contributed by atoms with Crippen LogP contribution in [0.25, 0.3) is 22.3 Å². The molecule has 0 saturated heterocycles. The summed E-state index contributed by atoms with van der Waals surface area (Å²) < 4.78 is 24.0. The zero-order valence-electron chi connectivity index (χ0n) is 18.6. The Balaban J connectivity index is 1.96. The lowest BCUT2D eigenvalue weighted by Gasteiger charge is -2.31. The molecule has 1 N–H and O–H groups in total. The van der Waals surface area contributed by atoms with E-state index in [1.807, 2.05) is 25.1 Å². The SMILES string of the molecule is CCC1Oc2c(ccc(-c3ccc(O)c(OC)c3)c2OC)-c2ccc(C)cc2OC1C. The van der Waals surface area contributed by atoms with E-state index in [-0.39, 0.29) is 18.0 Å². The Labute approximate surface area is 183 Å². The predicted molar refractivity (Wildman–Crippen MR) is 122 cm³/mol. The maximum atomic E-state index is 10.0. The molecule has 0 fully saturated rings. The minimum atomic E-state index is -0.133. The maximum absolute atomic E-state index is 10.0. The average molecular weight is 421 g/mol. The number of hydrogen-bond donors (Lipinski definition) is 1. The summed E-state index contributed by atoms with van der Waals surface area (Å²) in [7, 11) is 3.18. The molecule has 5 nitrogen and oxygen atoms in total. The molecule has 162 valence electrons. The second-order valence-corrected chi connectivity index (χ2v) is 7.80. The van der Waals surface area contributed by atoms with Gasteiger partial charge in [0.15, 0.2) is 23.0 Å². The van der Waals surface area contributed by atoms with Gasteiger partial charge in [-0.1, -0.05) is 25.1 Å². The van der Waals surface area contributed by atoms with E-state index >= 15 is 0 Å². The summed E-state index contributed by atoms with van der Waals surface area (Å²) in [6.45, 7) is 6.18. The Morgan fingerprint density at radius 1 is 0.903 bits per heavy atom. The largest absolute Gasteiger partial charge is 0.504 e. The zero-order chi connectivity index (χ0) is 22.1. The monoisotopic (exact) mass is 420 g/mol. The van der Waals surface area contributed by atoms with Crippen LogP contribution in [-0.2, 0) is 0 Å². The molecule has 3 aromatic rings. The number of hydrogen-bond acceptors (Lipinski definition) is 5. The number of fused-ring (bicyclic) bond motifs is 3. The van der Waals surface area contributed by atoms with Crippen molar-refractivity contribution in [2.45, 2.75) is 39.4 Å². The molecule has 31 heavy (non-hydrogen) atoms. The summed E-state index contributed by atoms with van der Waals surface area (Å²) in [4.78, 5) is 0. The molecular formula is C26H28O5. The Hall–Kier alpha value is -3.34. The van der Waals surface area contributed by atoms with Crippen LogP contribution in [0.3, 0.4) is 0 Å². The average Bonchev–Trinajstić information content (AvgIpc) is 2.76. The molecule has 0 aliphatic carbocycles. The van der Waals surface area contributed by atoms with Gasteiger partial charge in [0.2, 0.25) is 0 Å². The number of phenols is 1. The van der Waals surface area contributed by atoms with E-state index in [0.717, 1.165) is 40.0 Å². The third-order valence-electron chi connectivity index (χ3n) is 5.74. The predicted octanol–water partition coefficient (Wildman–Crippen LogP) is 5.99. The van der Waals surface area contributed by atoms with Gasteiger partial charge in [-0.2, -0.15) is 0 Å². The Bertz CT molecular complexity index is 1110. The topological polar surface area (TPSA) is 57.2 Å². The van der Waals surface area contributed by atoms with Crippen molar-refractivity contribution >= 4 is 0 Å². The lowest BCUT2D eigenvalue weighted by atomic mass is 9.95. The number of benzene rings is 3. The zero-order valence-corrected chi connectivity index (χ0v) is 18.6. The quantitative estimate of drug-likeness (QED) is 0.562. The summed E-state index contributed by atoms with van der Waals surface area (Å²) in [5.41, 5.74) is 4.75. The normalized spacial score (nSPS) is 17.3. The number of methoxy groups -OCH3 is 2. The van der Waals surface area contributed by atoms with Gasteiger partial charge in [-0.25, -0.2) is 0 Å². The van der Waals surface area contributed by atoms with Gasteiger partial charge in [-0.15, -0.1) is 0 Å². The standard InChI is InChI=1S/C26H28O5/c1-6-22-16(3)30-23-13-15(2)7-9-19(23)20-11-10-18(25(29-5)26(20)31-22)17-8-12-21(27)24(14-17)28-4/h7-14,16,22,27H,6H2,1-5H3. The fourth-order valence-corrected chi connectivity index (χ4v) is 4.06. The van der Waals surface area contributed by atoms with Gasteiger partial charge in [-0.3, -0.25) is 0 Å². The molecule has 5 heteroatoms. The van der Waals surface area contributed by atoms with Gasteiger partial charge in [-0.05, 0) is 61.7 Å². The molecule has 0 bridgehead atoms. The third kappa shape index (κ3) is 3.76. The second-order valence-electron chi connectivity index (χ2n) is 7.80. The van der Waals surface area contributed by atoms with Crippen molar-refractivity contribution < 1.29 is 24.1 Å². The first-order chi connectivity index (χ1) is 15.0. The molecule has 0 radical (unpaired) electrons. The van der Waals surface area contributed by atoms with Crippen LogP contribution in [0.2, 0.25) is 0 Å². The van der Waals surface area contributed by atoms with E-state index in [4.69, 9.17) is 18.9 Å². The smallest absolute Gasteiger partial charge is 0.170 e. The van der Waals surface area contributed by atoms with Gasteiger partial charge in [0, 0.05) is 16.7 Å². The van der Waals surface area contributed by atoms with Crippen molar-refractivity contribution in [3.8, 4) is 51.0 Å². The molecular weight excluding hydrogens is 392 g/mol. The van der Waals surface area contributed by atoms with Gasteiger partial charge >= 0.3 is 0 Å². The maximum Gasteiger partial charge on any atom is 0.170 e. The van der Waals surface area contributed by atoms with Crippen LogP contribution in [0.4, 0.5) is 0 Å². The lowest BCUT2D eigenvalue weighted by molar-refractivity contribution is 0.0594. The first kappa shape index (κ1) is 20.9. The van der Waals surface area contributed by atoms with E-state index in [9.17, 15) is 5.11 Å². The highest BCUT2D eigenvalue weighted by Gasteiger charge is 2.29. The summed E-state index contributed by atoms with van der Waals surface area (Å²) in [6.07, 6.45) is 0.536. The van der Waals surface area contributed by atoms with Gasteiger partial charge in [0.25, 0.3) is 0 Å². The van der Waals surface area contributed by atoms with Crippen molar-refractivity contribution in [1.29, 1.82) is 0 Å². The first-order valence-electron chi connectivity index (χ1n) is 10.5. The van der Waals surface area contributed by atoms with Gasteiger partial charge in [0.1, 0.15) is 18.0 Å². The van der Waals surface area contributed by atoms with Crippen LogP contribution in [0.1, 0.15) is 25.8 Å². The van der Waals surface area contributed by atoms with E-state index in [1.54, 1.807) is 19.2 Å². The number of aryl methyl sites for hydroxylation is 1. The van der Waals surface area contributed by atoms with E-state index < -0.39 is 0 Å². The van der Waals surface area contributed by atoms with Crippen LogP contribution in [0.15, 0.2) is 48.5 Å². The fraction of sp³-hybridized carbons (Fsp3) is 0.308. The number of rotatable bonds is 4. The molecule has 1 aliphatic rings. The van der Waals surface area contributed by atoms with E-state index in [2.05, 4.69) is 32.0 Å². The van der Waals surface area contributed by atoms with Crippen molar-refractivity contribution in [3.63, 3.8) is 0 Å². The molecule has 1 heterocycles. The highest BCUT2D eigenvalue weighted by Crippen LogP contribution is 2.49. The van der Waals surface area contributed by atoms with Gasteiger partial charge in [0.05, 0.1) is 14.2 Å². The van der Waals surface area contributed by atoms with E-state index in [0.29, 0.717) is 17.2 Å². The van der Waals surface area contributed by atoms with Crippen molar-refractivity contribution in [2.75, 3.05) is 14.2 Å². The van der Waals surface area contributed by atoms with Crippen LogP contribution in [-0.4, -0.2) is 31.5 Å².